The number of carbonyl (C=O) groups excluding carboxylic acids is 1. The van der Waals surface area contributed by atoms with Crippen LogP contribution >= 0.6 is 11.6 Å². The van der Waals surface area contributed by atoms with Gasteiger partial charge in [-0.3, -0.25) is 4.79 Å². The van der Waals surface area contributed by atoms with Gasteiger partial charge in [0.25, 0.3) is 0 Å². The summed E-state index contributed by atoms with van der Waals surface area (Å²) in [6.07, 6.45) is 1.64. The van der Waals surface area contributed by atoms with E-state index in [9.17, 15) is 4.79 Å². The Kier molecular flexibility index (Phi) is 1.70. The first-order chi connectivity index (χ1) is 4.54. The average molecular weight is 162 g/mol. The summed E-state index contributed by atoms with van der Waals surface area (Å²) >= 11 is 5.26. The minimum atomic E-state index is -0.842. The van der Waals surface area contributed by atoms with Crippen molar-refractivity contribution in [1.29, 1.82) is 0 Å². The number of nitrogens with one attached hydrogen (secondary N) is 1. The lowest BCUT2D eigenvalue weighted by atomic mass is 10.1. The van der Waals surface area contributed by atoms with Crippen LogP contribution in [0.1, 0.15) is 13.8 Å². The summed E-state index contributed by atoms with van der Waals surface area (Å²) < 4.78 is 0. The molecule has 4 heteroatoms. The first-order valence-electron chi connectivity index (χ1n) is 2.88. The van der Waals surface area contributed by atoms with E-state index >= 15 is 0 Å². The molecule has 1 N–H and O–H groups in total. The van der Waals surface area contributed by atoms with E-state index in [1.54, 1.807) is 19.9 Å². The third kappa shape index (κ3) is 1.15. The van der Waals surface area contributed by atoms with Gasteiger partial charge >= 0.3 is 0 Å². The van der Waals surface area contributed by atoms with E-state index in [0.717, 1.165) is 0 Å². The van der Waals surface area contributed by atoms with E-state index in [-0.39, 0.29) is 0 Å². The highest BCUT2D eigenvalue weighted by molar-refractivity contribution is 6.65. The lowest BCUT2D eigenvalue weighted by Crippen LogP contribution is -2.41. The summed E-state index contributed by atoms with van der Waals surface area (Å²) in [5, 5.41) is -0.468. The van der Waals surface area contributed by atoms with Crippen LogP contribution in [-0.4, -0.2) is 10.8 Å². The molecule has 56 valence electrons. The Morgan fingerprint density at radius 3 is 2.70 bits per heavy atom. The molecule has 0 aromatic carbocycles. The predicted octanol–water partition coefficient (Wildman–Crippen LogP) is 0.949. The summed E-state index contributed by atoms with van der Waals surface area (Å²) in [7, 11) is 0. The molecule has 0 amide bonds. The summed E-state index contributed by atoms with van der Waals surface area (Å²) in [4.78, 5) is 15.5. The smallest absolute Gasteiger partial charge is 0.248 e. The molecule has 1 heterocycles. The molecule has 0 aromatic heterocycles. The average Bonchev–Trinajstić information content (AvgIpc) is 2.13. The molecule has 10 heavy (non-hydrogen) atoms. The summed E-state index contributed by atoms with van der Waals surface area (Å²) in [6.45, 7) is 3.40. The number of hydrogen-bond acceptors (Lipinski definition) is 3. The zero-order valence-electron chi connectivity index (χ0n) is 5.77. The summed E-state index contributed by atoms with van der Waals surface area (Å²) in [5.41, 5.74) is 1.67. The number of hydrogen-bond donors (Lipinski definition) is 1. The fourth-order valence-corrected chi connectivity index (χ4v) is 0.842. The van der Waals surface area contributed by atoms with Crippen LogP contribution in [-0.2, 0) is 9.63 Å². The fourth-order valence-electron chi connectivity index (χ4n) is 0.749. The van der Waals surface area contributed by atoms with Crippen LogP contribution in [0.4, 0.5) is 0 Å². The molecule has 3 nitrogen and oxygen atoms in total. The summed E-state index contributed by atoms with van der Waals surface area (Å²) in [5.74, 6) is 0.663. The van der Waals surface area contributed by atoms with Crippen molar-refractivity contribution in [2.24, 2.45) is 0 Å². The van der Waals surface area contributed by atoms with Crippen molar-refractivity contribution in [3.05, 3.63) is 11.8 Å². The zero-order valence-corrected chi connectivity index (χ0v) is 6.53. The Balaban J connectivity index is 2.82. The highest BCUT2D eigenvalue weighted by Gasteiger charge is 2.34. The molecule has 1 aliphatic heterocycles. The maximum atomic E-state index is 10.7. The second-order valence-corrected chi connectivity index (χ2v) is 2.78. The monoisotopic (exact) mass is 161 g/mol. The molecule has 0 aliphatic carbocycles. The largest absolute Gasteiger partial charge is 0.412 e. The van der Waals surface area contributed by atoms with Gasteiger partial charge in [0.05, 0.1) is 0 Å². The van der Waals surface area contributed by atoms with Gasteiger partial charge < -0.3 is 4.84 Å². The van der Waals surface area contributed by atoms with Crippen LogP contribution in [0.5, 0.6) is 0 Å². The van der Waals surface area contributed by atoms with Gasteiger partial charge in [-0.05, 0) is 31.5 Å². The molecular weight excluding hydrogens is 154 g/mol. The third-order valence-corrected chi connectivity index (χ3v) is 1.72. The molecule has 0 spiro atoms. The first-order valence-corrected chi connectivity index (χ1v) is 3.26. The van der Waals surface area contributed by atoms with Crippen LogP contribution in [0, 0.1) is 0 Å². The summed E-state index contributed by atoms with van der Waals surface area (Å²) in [6, 6.07) is 0. The van der Waals surface area contributed by atoms with Gasteiger partial charge in [-0.1, -0.05) is 0 Å². The Morgan fingerprint density at radius 2 is 2.50 bits per heavy atom. The van der Waals surface area contributed by atoms with Gasteiger partial charge in [-0.2, -0.15) is 0 Å². The van der Waals surface area contributed by atoms with E-state index < -0.39 is 10.8 Å². The number of halogens is 1. The maximum Gasteiger partial charge on any atom is 0.248 e. The Morgan fingerprint density at radius 1 is 1.90 bits per heavy atom. The Hall–Kier alpha value is -0.540. The normalized spacial score (nSPS) is 31.3. The van der Waals surface area contributed by atoms with Crippen molar-refractivity contribution in [3.8, 4) is 0 Å². The van der Waals surface area contributed by atoms with Crippen molar-refractivity contribution >= 4 is 16.8 Å². The van der Waals surface area contributed by atoms with E-state index in [1.807, 2.05) is 0 Å². The molecule has 0 saturated carbocycles. The molecule has 1 rings (SSSR count). The van der Waals surface area contributed by atoms with Gasteiger partial charge in [0, 0.05) is 0 Å². The SMILES string of the molecule is CC1=CC(C)(C(=O)Cl)NO1. The number of carbonyl (C=O) groups is 1. The molecule has 0 saturated heterocycles. The quantitative estimate of drug-likeness (QED) is 0.582. The topological polar surface area (TPSA) is 38.3 Å². The Bertz CT molecular complexity index is 202. The molecule has 1 aliphatic rings. The zero-order chi connectivity index (χ0) is 7.78. The molecule has 1 unspecified atom stereocenters. The van der Waals surface area contributed by atoms with E-state index in [0.29, 0.717) is 5.76 Å². The van der Waals surface area contributed by atoms with Gasteiger partial charge in [0.15, 0.2) is 0 Å². The lowest BCUT2D eigenvalue weighted by Gasteiger charge is -2.13. The van der Waals surface area contributed by atoms with E-state index in [4.69, 9.17) is 16.4 Å². The van der Waals surface area contributed by atoms with Gasteiger partial charge in [-0.25, -0.2) is 0 Å². The van der Waals surface area contributed by atoms with E-state index in [1.165, 1.54) is 0 Å². The first kappa shape index (κ1) is 7.57. The van der Waals surface area contributed by atoms with Crippen molar-refractivity contribution in [2.45, 2.75) is 19.4 Å². The molecule has 0 bridgehead atoms. The molecule has 0 radical (unpaired) electrons. The molecule has 0 aromatic rings. The maximum absolute atomic E-state index is 10.7. The van der Waals surface area contributed by atoms with Crippen molar-refractivity contribution in [2.75, 3.05) is 0 Å². The second-order valence-electron chi connectivity index (χ2n) is 2.44. The van der Waals surface area contributed by atoms with Gasteiger partial charge in [-0.15, -0.1) is 5.48 Å². The van der Waals surface area contributed by atoms with Crippen molar-refractivity contribution in [1.82, 2.24) is 5.48 Å². The van der Waals surface area contributed by atoms with Gasteiger partial charge in [0.1, 0.15) is 11.3 Å². The highest BCUT2D eigenvalue weighted by Crippen LogP contribution is 2.19. The van der Waals surface area contributed by atoms with Crippen LogP contribution in [0.3, 0.4) is 0 Å². The van der Waals surface area contributed by atoms with Crippen molar-refractivity contribution in [3.63, 3.8) is 0 Å². The molecule has 1 atom stereocenters. The van der Waals surface area contributed by atoms with Crippen molar-refractivity contribution < 1.29 is 9.63 Å². The number of allylic oxidation sites excluding steroid dienone is 1. The van der Waals surface area contributed by atoms with Crippen LogP contribution in [0.15, 0.2) is 11.8 Å². The van der Waals surface area contributed by atoms with Crippen LogP contribution in [0.25, 0.3) is 0 Å². The molecule has 0 fully saturated rings. The Labute approximate surface area is 64.0 Å². The minimum absolute atomic E-state index is 0.468. The number of hydroxylamine groups is 1. The fraction of sp³-hybridized carbons (Fsp3) is 0.500. The lowest BCUT2D eigenvalue weighted by molar-refractivity contribution is -0.117. The second kappa shape index (κ2) is 2.25. The standard InChI is InChI=1S/C6H8ClNO2/c1-4-3-6(2,5(7)9)8-10-4/h3,8H,1-2H3. The number of rotatable bonds is 1. The highest BCUT2D eigenvalue weighted by atomic mass is 35.5. The van der Waals surface area contributed by atoms with E-state index in [2.05, 4.69) is 5.48 Å². The van der Waals surface area contributed by atoms with Crippen LogP contribution in [0.2, 0.25) is 0 Å². The minimum Gasteiger partial charge on any atom is -0.412 e. The predicted molar refractivity (Wildman–Crippen MR) is 37.2 cm³/mol. The van der Waals surface area contributed by atoms with Crippen LogP contribution < -0.4 is 5.48 Å². The third-order valence-electron chi connectivity index (χ3n) is 1.32. The van der Waals surface area contributed by atoms with Gasteiger partial charge in [0.2, 0.25) is 5.24 Å². The molecular formula is C6H8ClNO2.